The maximum Gasteiger partial charge on any atom is 0.119 e. The summed E-state index contributed by atoms with van der Waals surface area (Å²) in [5, 5.41) is 0. The Morgan fingerprint density at radius 2 is 1.85 bits per heavy atom. The van der Waals surface area contributed by atoms with Crippen molar-refractivity contribution >= 4 is 0 Å². The number of allylic oxidation sites excluding steroid dienone is 4. The van der Waals surface area contributed by atoms with Crippen molar-refractivity contribution in [2.45, 2.75) is 32.6 Å². The van der Waals surface area contributed by atoms with Crippen molar-refractivity contribution in [1.82, 2.24) is 0 Å². The van der Waals surface area contributed by atoms with Gasteiger partial charge in [-0.05, 0) is 24.5 Å². The third kappa shape index (κ3) is 6.26. The minimum atomic E-state index is -0.620. The Morgan fingerprint density at radius 3 is 2.23 bits per heavy atom. The lowest BCUT2D eigenvalue weighted by Crippen LogP contribution is -1.85. The van der Waals surface area contributed by atoms with E-state index in [9.17, 15) is 8.78 Å². The molecule has 0 radical (unpaired) electrons. The molecule has 0 saturated heterocycles. The van der Waals surface area contributed by atoms with Gasteiger partial charge in [0.15, 0.2) is 0 Å². The van der Waals surface area contributed by atoms with Gasteiger partial charge in [-0.25, -0.2) is 8.78 Å². The summed E-state index contributed by atoms with van der Waals surface area (Å²) in [7, 11) is 0. The van der Waals surface area contributed by atoms with E-state index in [1.54, 1.807) is 0 Å². The molecule has 13 heavy (non-hydrogen) atoms. The van der Waals surface area contributed by atoms with E-state index < -0.39 is 11.7 Å². The lowest BCUT2D eigenvalue weighted by Gasteiger charge is -2.02. The van der Waals surface area contributed by atoms with E-state index in [4.69, 9.17) is 0 Å². The van der Waals surface area contributed by atoms with Crippen LogP contribution in [0.1, 0.15) is 32.6 Å². The van der Waals surface area contributed by atoms with Crippen LogP contribution >= 0.6 is 0 Å². The third-order valence-electron chi connectivity index (χ3n) is 1.73. The number of hydrogen-bond acceptors (Lipinski definition) is 0. The van der Waals surface area contributed by atoms with Crippen LogP contribution in [0.4, 0.5) is 8.78 Å². The average molecular weight is 186 g/mol. The van der Waals surface area contributed by atoms with E-state index in [0.29, 0.717) is 12.0 Å². The summed E-state index contributed by atoms with van der Waals surface area (Å²) in [6.07, 6.45) is 4.58. The van der Waals surface area contributed by atoms with Crippen LogP contribution in [-0.4, -0.2) is 0 Å². The van der Waals surface area contributed by atoms with Crippen LogP contribution in [0.5, 0.6) is 0 Å². The van der Waals surface area contributed by atoms with Crippen LogP contribution in [0.15, 0.2) is 36.5 Å². The Morgan fingerprint density at radius 1 is 1.23 bits per heavy atom. The predicted molar refractivity (Wildman–Crippen MR) is 52.7 cm³/mol. The van der Waals surface area contributed by atoms with Gasteiger partial charge in [0, 0.05) is 0 Å². The van der Waals surface area contributed by atoms with Crippen LogP contribution < -0.4 is 0 Å². The van der Waals surface area contributed by atoms with Gasteiger partial charge in [-0.1, -0.05) is 32.9 Å². The Labute approximate surface area is 78.7 Å². The molecule has 0 rings (SSSR count). The molecule has 2 heteroatoms. The molecule has 0 spiro atoms. The summed E-state index contributed by atoms with van der Waals surface area (Å²) < 4.78 is 25.0. The summed E-state index contributed by atoms with van der Waals surface area (Å²) in [6.45, 7) is 8.26. The Bertz CT molecular complexity index is 214. The average Bonchev–Trinajstić information content (AvgIpc) is 2.02. The molecule has 0 nitrogen and oxygen atoms in total. The third-order valence-corrected chi connectivity index (χ3v) is 1.73. The largest absolute Gasteiger partial charge is 0.208 e. The first-order valence-corrected chi connectivity index (χ1v) is 4.47. The van der Waals surface area contributed by atoms with Crippen molar-refractivity contribution in [3.05, 3.63) is 36.5 Å². The van der Waals surface area contributed by atoms with E-state index >= 15 is 0 Å². The molecular formula is C11H16F2. The molecule has 0 aliphatic heterocycles. The fourth-order valence-electron chi connectivity index (χ4n) is 1.04. The molecule has 74 valence electrons. The van der Waals surface area contributed by atoms with Crippen molar-refractivity contribution in [1.29, 1.82) is 0 Å². The second-order valence-electron chi connectivity index (χ2n) is 2.98. The summed E-state index contributed by atoms with van der Waals surface area (Å²) >= 11 is 0. The first kappa shape index (κ1) is 12.1. The standard InChI is InChI=1S/C11H16F2/c1-4-5-6-7-11(10(3)13)8-9(2)12/h8H,2-7H2,1H3/b11-8-. The molecular weight excluding hydrogens is 170 g/mol. The van der Waals surface area contributed by atoms with Crippen LogP contribution in [0.2, 0.25) is 0 Å². The first-order chi connectivity index (χ1) is 6.07. The zero-order chi connectivity index (χ0) is 10.3. The number of halogens is 2. The predicted octanol–water partition coefficient (Wildman–Crippen LogP) is 4.46. The molecule has 0 aromatic carbocycles. The van der Waals surface area contributed by atoms with Crippen molar-refractivity contribution in [2.24, 2.45) is 0 Å². The zero-order valence-corrected chi connectivity index (χ0v) is 8.08. The quantitative estimate of drug-likeness (QED) is 0.424. The van der Waals surface area contributed by atoms with Crippen LogP contribution in [0.3, 0.4) is 0 Å². The molecule has 0 aliphatic rings. The second kappa shape index (κ2) is 6.58. The van der Waals surface area contributed by atoms with Crippen LogP contribution in [-0.2, 0) is 0 Å². The van der Waals surface area contributed by atoms with Gasteiger partial charge < -0.3 is 0 Å². The van der Waals surface area contributed by atoms with Crippen molar-refractivity contribution < 1.29 is 8.78 Å². The van der Waals surface area contributed by atoms with Gasteiger partial charge >= 0.3 is 0 Å². The van der Waals surface area contributed by atoms with Gasteiger partial charge in [0.05, 0.1) is 0 Å². The molecule has 0 bridgehead atoms. The van der Waals surface area contributed by atoms with E-state index in [1.165, 1.54) is 0 Å². The van der Waals surface area contributed by atoms with Gasteiger partial charge in [0.25, 0.3) is 0 Å². The summed E-state index contributed by atoms with van der Waals surface area (Å²) in [6, 6.07) is 0. The molecule has 0 amide bonds. The smallest absolute Gasteiger partial charge is 0.119 e. The van der Waals surface area contributed by atoms with Gasteiger partial charge in [-0.3, -0.25) is 0 Å². The highest BCUT2D eigenvalue weighted by molar-refractivity contribution is 5.28. The second-order valence-corrected chi connectivity index (χ2v) is 2.98. The molecule has 0 aromatic rings. The van der Waals surface area contributed by atoms with E-state index in [1.807, 2.05) is 0 Å². The molecule has 0 aromatic heterocycles. The summed E-state index contributed by atoms with van der Waals surface area (Å²) in [4.78, 5) is 0. The Kier molecular flexibility index (Phi) is 6.11. The molecule has 0 fully saturated rings. The highest BCUT2D eigenvalue weighted by Crippen LogP contribution is 2.19. The lowest BCUT2D eigenvalue weighted by atomic mass is 10.1. The minimum absolute atomic E-state index is 0.320. The normalized spacial score (nSPS) is 11.5. The summed E-state index contributed by atoms with van der Waals surface area (Å²) in [5.74, 6) is -1.18. The maximum absolute atomic E-state index is 12.7. The highest BCUT2D eigenvalue weighted by atomic mass is 19.1. The van der Waals surface area contributed by atoms with Gasteiger partial charge in [-0.2, -0.15) is 0 Å². The fourth-order valence-corrected chi connectivity index (χ4v) is 1.04. The SMILES string of the molecule is C=C(F)/C=C(/CCCCC)C(=C)F. The zero-order valence-electron chi connectivity index (χ0n) is 8.08. The number of rotatable bonds is 6. The van der Waals surface area contributed by atoms with Crippen LogP contribution in [0, 0.1) is 0 Å². The molecule has 0 saturated carbocycles. The lowest BCUT2D eigenvalue weighted by molar-refractivity contribution is 0.616. The molecule has 0 atom stereocenters. The number of hydrogen-bond donors (Lipinski definition) is 0. The van der Waals surface area contributed by atoms with Gasteiger partial charge in [-0.15, -0.1) is 0 Å². The molecule has 0 N–H and O–H groups in total. The van der Waals surface area contributed by atoms with E-state index in [-0.39, 0.29) is 0 Å². The van der Waals surface area contributed by atoms with E-state index in [2.05, 4.69) is 20.1 Å². The fraction of sp³-hybridized carbons (Fsp3) is 0.455. The van der Waals surface area contributed by atoms with E-state index in [0.717, 1.165) is 25.3 Å². The highest BCUT2D eigenvalue weighted by Gasteiger charge is 2.02. The van der Waals surface area contributed by atoms with Crippen LogP contribution in [0.25, 0.3) is 0 Å². The molecule has 0 heterocycles. The summed E-state index contributed by atoms with van der Waals surface area (Å²) in [5.41, 5.74) is 0.320. The monoisotopic (exact) mass is 186 g/mol. The first-order valence-electron chi connectivity index (χ1n) is 4.47. The van der Waals surface area contributed by atoms with Crippen molar-refractivity contribution in [3.8, 4) is 0 Å². The molecule has 0 aliphatic carbocycles. The Hall–Kier alpha value is -0.920. The van der Waals surface area contributed by atoms with Gasteiger partial charge in [0.2, 0.25) is 0 Å². The van der Waals surface area contributed by atoms with Crippen molar-refractivity contribution in [3.63, 3.8) is 0 Å². The number of unbranched alkanes of at least 4 members (excludes halogenated alkanes) is 2. The minimum Gasteiger partial charge on any atom is -0.208 e. The van der Waals surface area contributed by atoms with Gasteiger partial charge in [0.1, 0.15) is 11.7 Å². The Balaban J connectivity index is 4.11. The maximum atomic E-state index is 12.7. The van der Waals surface area contributed by atoms with Crippen molar-refractivity contribution in [2.75, 3.05) is 0 Å². The topological polar surface area (TPSA) is 0 Å². The molecule has 0 unspecified atom stereocenters.